The number of hydrogen-bond acceptors (Lipinski definition) is 15. The van der Waals surface area contributed by atoms with E-state index >= 15 is 0 Å². The molecule has 0 aromatic rings. The fourth-order valence-electron chi connectivity index (χ4n) is 11.5. The molecule has 94 heavy (non-hydrogen) atoms. The zero-order valence-electron chi connectivity index (χ0n) is 61.3. The summed E-state index contributed by atoms with van der Waals surface area (Å²) in [6.07, 6.45) is 54.0. The van der Waals surface area contributed by atoms with E-state index in [4.69, 9.17) is 37.0 Å². The number of unbranched alkanes of at least 4 members (excludes halogenated alkanes) is 44. The number of esters is 4. The van der Waals surface area contributed by atoms with Gasteiger partial charge in [-0.3, -0.25) is 37.3 Å². The van der Waals surface area contributed by atoms with Crippen LogP contribution in [0.5, 0.6) is 0 Å². The lowest BCUT2D eigenvalue weighted by Gasteiger charge is -2.21. The van der Waals surface area contributed by atoms with Crippen molar-refractivity contribution in [1.82, 2.24) is 0 Å². The van der Waals surface area contributed by atoms with E-state index in [2.05, 4.69) is 41.5 Å². The molecule has 17 nitrogen and oxygen atoms in total. The van der Waals surface area contributed by atoms with Gasteiger partial charge in [0.2, 0.25) is 0 Å². The first-order chi connectivity index (χ1) is 45.4. The number of hydrogen-bond donors (Lipinski definition) is 3. The number of carbonyl (C=O) groups excluding carboxylic acids is 4. The second kappa shape index (κ2) is 66.9. The third-order valence-electron chi connectivity index (χ3n) is 17.5. The predicted molar refractivity (Wildman–Crippen MR) is 381 cm³/mol. The van der Waals surface area contributed by atoms with Crippen LogP contribution in [0.2, 0.25) is 0 Å². The van der Waals surface area contributed by atoms with Crippen LogP contribution < -0.4 is 0 Å². The van der Waals surface area contributed by atoms with Crippen LogP contribution in [0.1, 0.15) is 388 Å². The highest BCUT2D eigenvalue weighted by molar-refractivity contribution is 7.47. The Morgan fingerprint density at radius 2 is 0.489 bits per heavy atom. The van der Waals surface area contributed by atoms with E-state index in [1.54, 1.807) is 0 Å². The Hall–Kier alpha value is -1.94. The summed E-state index contributed by atoms with van der Waals surface area (Å²) in [6.45, 7) is 9.59. The van der Waals surface area contributed by atoms with Gasteiger partial charge in [0.15, 0.2) is 12.2 Å². The number of phosphoric acid groups is 2. The first-order valence-corrected chi connectivity index (χ1v) is 42.0. The largest absolute Gasteiger partial charge is 0.472 e. The van der Waals surface area contributed by atoms with Gasteiger partial charge in [-0.05, 0) is 37.5 Å². The van der Waals surface area contributed by atoms with Crippen LogP contribution >= 0.6 is 15.6 Å². The van der Waals surface area contributed by atoms with Gasteiger partial charge in [0.1, 0.15) is 19.3 Å². The van der Waals surface area contributed by atoms with Crippen LogP contribution in [0.4, 0.5) is 0 Å². The molecule has 0 aromatic carbocycles. The van der Waals surface area contributed by atoms with Crippen molar-refractivity contribution in [2.45, 2.75) is 407 Å². The Bertz CT molecular complexity index is 1820. The van der Waals surface area contributed by atoms with E-state index in [0.29, 0.717) is 25.7 Å². The summed E-state index contributed by atoms with van der Waals surface area (Å²) in [6, 6.07) is 0. The molecule has 0 heterocycles. The zero-order valence-corrected chi connectivity index (χ0v) is 63.1. The monoisotopic (exact) mass is 1380 g/mol. The smallest absolute Gasteiger partial charge is 0.462 e. The topological polar surface area (TPSA) is 237 Å². The van der Waals surface area contributed by atoms with Gasteiger partial charge in [-0.25, -0.2) is 9.13 Å². The summed E-state index contributed by atoms with van der Waals surface area (Å²) < 4.78 is 68.5. The molecule has 2 unspecified atom stereocenters. The zero-order chi connectivity index (χ0) is 69.3. The van der Waals surface area contributed by atoms with Gasteiger partial charge in [-0.2, -0.15) is 0 Å². The molecule has 0 aliphatic carbocycles. The highest BCUT2D eigenvalue weighted by Crippen LogP contribution is 2.45. The first kappa shape index (κ1) is 92.1. The molecule has 0 spiro atoms. The molecule has 0 saturated carbocycles. The lowest BCUT2D eigenvalue weighted by atomic mass is 10.0. The minimum atomic E-state index is -4.96. The van der Waals surface area contributed by atoms with Gasteiger partial charge in [-0.15, -0.1) is 0 Å². The average Bonchev–Trinajstić information content (AvgIpc) is 1.38. The lowest BCUT2D eigenvalue weighted by molar-refractivity contribution is -0.161. The molecule has 0 amide bonds. The van der Waals surface area contributed by atoms with E-state index in [1.807, 2.05) is 0 Å². The van der Waals surface area contributed by atoms with Gasteiger partial charge in [-0.1, -0.05) is 337 Å². The van der Waals surface area contributed by atoms with Crippen LogP contribution in [0, 0.1) is 11.8 Å². The maximum absolute atomic E-state index is 13.1. The van der Waals surface area contributed by atoms with E-state index in [1.165, 1.54) is 205 Å². The third kappa shape index (κ3) is 68.6. The molecule has 3 N–H and O–H groups in total. The van der Waals surface area contributed by atoms with Crippen LogP contribution in [-0.2, 0) is 65.4 Å². The quantitative estimate of drug-likeness (QED) is 0.0222. The molecule has 0 radical (unpaired) electrons. The summed E-state index contributed by atoms with van der Waals surface area (Å²) in [4.78, 5) is 72.7. The SMILES string of the molecule is CCCCCCCCCCCCCCCCCC(=O)OC[C@H](COP(=O)(O)OC[C@@H](O)COP(=O)(O)OC[C@@H](COC(=O)CCCCCCCCCCC)OC(=O)CCCCCCCCCCCCC(C)C)OC(=O)CCCCCCCCCCCCCCCCC(C)C. The predicted octanol–water partition coefficient (Wildman–Crippen LogP) is 21.9. The molecular formula is C75H146O17P2. The highest BCUT2D eigenvalue weighted by Gasteiger charge is 2.30. The molecule has 0 bridgehead atoms. The number of carbonyl (C=O) groups is 4. The van der Waals surface area contributed by atoms with Crippen molar-refractivity contribution in [3.05, 3.63) is 0 Å². The summed E-state index contributed by atoms with van der Waals surface area (Å²) in [5.41, 5.74) is 0. The second-order valence-electron chi connectivity index (χ2n) is 28.0. The maximum Gasteiger partial charge on any atom is 0.472 e. The van der Waals surface area contributed by atoms with Crippen molar-refractivity contribution in [2.24, 2.45) is 11.8 Å². The number of aliphatic hydroxyl groups is 1. The van der Waals surface area contributed by atoms with E-state index < -0.39 is 97.5 Å². The van der Waals surface area contributed by atoms with Gasteiger partial charge in [0, 0.05) is 25.7 Å². The average molecular weight is 1380 g/mol. The minimum absolute atomic E-state index is 0.106. The normalized spacial score (nSPS) is 14.0. The fourth-order valence-corrected chi connectivity index (χ4v) is 13.1. The number of aliphatic hydroxyl groups excluding tert-OH is 1. The van der Waals surface area contributed by atoms with E-state index in [-0.39, 0.29) is 25.7 Å². The molecular weight excluding hydrogens is 1230 g/mol. The Morgan fingerprint density at radius 1 is 0.287 bits per heavy atom. The molecule has 0 aromatic heterocycles. The van der Waals surface area contributed by atoms with Crippen LogP contribution in [0.15, 0.2) is 0 Å². The lowest BCUT2D eigenvalue weighted by Crippen LogP contribution is -2.30. The van der Waals surface area contributed by atoms with Crippen LogP contribution in [0.25, 0.3) is 0 Å². The molecule has 0 saturated heterocycles. The van der Waals surface area contributed by atoms with Crippen molar-refractivity contribution in [3.8, 4) is 0 Å². The fraction of sp³-hybridized carbons (Fsp3) is 0.947. The summed E-state index contributed by atoms with van der Waals surface area (Å²) in [5, 5.41) is 10.6. The van der Waals surface area contributed by atoms with Crippen molar-refractivity contribution in [1.29, 1.82) is 0 Å². The molecule has 5 atom stereocenters. The minimum Gasteiger partial charge on any atom is -0.462 e. The molecule has 0 rings (SSSR count). The summed E-state index contributed by atoms with van der Waals surface area (Å²) in [7, 11) is -9.91. The van der Waals surface area contributed by atoms with E-state index in [0.717, 1.165) is 102 Å². The Kier molecular flexibility index (Phi) is 65.5. The van der Waals surface area contributed by atoms with Crippen molar-refractivity contribution in [3.63, 3.8) is 0 Å². The number of ether oxygens (including phenoxy) is 4. The standard InChI is InChI=1S/C75H146O17P2/c1-7-9-11-13-15-17-18-19-20-24-27-34-40-46-52-58-73(78)86-64-71(91-74(79)59-53-47-41-35-28-25-22-21-23-26-32-37-43-49-55-67(3)4)66-90-94(83,84)88-62-69(76)61-87-93(81,82)89-65-70(63-85-72(77)57-51-45-39-31-16-14-12-10-8-2)92-75(80)60-54-48-42-36-30-29-33-38-44-50-56-68(5)6/h67-71,76H,7-66H2,1-6H3,(H,81,82)(H,83,84)/t69-,70+,71+/m0/s1. The number of rotatable bonds is 74. The molecule has 19 heteroatoms. The van der Waals surface area contributed by atoms with Crippen LogP contribution in [-0.4, -0.2) is 96.7 Å². The second-order valence-corrected chi connectivity index (χ2v) is 30.9. The van der Waals surface area contributed by atoms with Crippen LogP contribution in [0.3, 0.4) is 0 Å². The van der Waals surface area contributed by atoms with Gasteiger partial charge in [0.25, 0.3) is 0 Å². The highest BCUT2D eigenvalue weighted by atomic mass is 31.2. The van der Waals surface area contributed by atoms with Crippen molar-refractivity contribution < 1.29 is 80.2 Å². The molecule has 558 valence electrons. The summed E-state index contributed by atoms with van der Waals surface area (Å²) in [5.74, 6) is -0.569. The Morgan fingerprint density at radius 3 is 0.723 bits per heavy atom. The maximum atomic E-state index is 13.1. The van der Waals surface area contributed by atoms with Crippen molar-refractivity contribution >= 4 is 39.5 Å². The first-order valence-electron chi connectivity index (χ1n) is 39.0. The molecule has 0 aliphatic rings. The Labute approximate surface area is 575 Å². The summed E-state index contributed by atoms with van der Waals surface area (Å²) >= 11 is 0. The van der Waals surface area contributed by atoms with Gasteiger partial charge >= 0.3 is 39.5 Å². The van der Waals surface area contributed by atoms with Crippen molar-refractivity contribution in [2.75, 3.05) is 39.6 Å². The van der Waals surface area contributed by atoms with Gasteiger partial charge in [0.05, 0.1) is 26.4 Å². The Balaban J connectivity index is 5.24. The number of phosphoric ester groups is 2. The molecule has 0 aliphatic heterocycles. The van der Waals surface area contributed by atoms with E-state index in [9.17, 15) is 43.2 Å². The van der Waals surface area contributed by atoms with Gasteiger partial charge < -0.3 is 33.8 Å². The molecule has 0 fully saturated rings. The third-order valence-corrected chi connectivity index (χ3v) is 19.4.